The van der Waals surface area contributed by atoms with Crippen molar-refractivity contribution in [2.75, 3.05) is 12.3 Å². The predicted octanol–water partition coefficient (Wildman–Crippen LogP) is 3.75. The van der Waals surface area contributed by atoms with Gasteiger partial charge in [-0.25, -0.2) is 13.6 Å². The van der Waals surface area contributed by atoms with E-state index >= 15 is 0 Å². The summed E-state index contributed by atoms with van der Waals surface area (Å²) in [6, 6.07) is 5.97. The largest absolute Gasteiger partial charge is 0.462 e. The molecule has 1 heterocycles. The van der Waals surface area contributed by atoms with Crippen LogP contribution in [0.2, 0.25) is 0 Å². The summed E-state index contributed by atoms with van der Waals surface area (Å²) >= 11 is 0. The summed E-state index contributed by atoms with van der Waals surface area (Å²) in [5.41, 5.74) is 8.09. The zero-order chi connectivity index (χ0) is 16.3. The highest BCUT2D eigenvalue weighted by Crippen LogP contribution is 2.31. The van der Waals surface area contributed by atoms with E-state index in [-0.39, 0.29) is 12.3 Å². The van der Waals surface area contributed by atoms with Gasteiger partial charge in [-0.05, 0) is 37.6 Å². The summed E-state index contributed by atoms with van der Waals surface area (Å²) in [5, 5.41) is 0. The molecule has 0 saturated carbocycles. The molecule has 0 aliphatic carbocycles. The summed E-state index contributed by atoms with van der Waals surface area (Å²) in [4.78, 5) is 15.8. The van der Waals surface area contributed by atoms with E-state index in [4.69, 9.17) is 10.5 Å². The molecule has 0 unspecified atom stereocenters. The molecule has 0 bridgehead atoms. The van der Waals surface area contributed by atoms with Crippen LogP contribution in [0.15, 0.2) is 30.5 Å². The molecule has 1 aromatic heterocycles. The first kappa shape index (κ1) is 15.9. The maximum atomic E-state index is 12.6. The van der Waals surface area contributed by atoms with Gasteiger partial charge in [-0.2, -0.15) is 0 Å². The topological polar surface area (TPSA) is 65.2 Å². The van der Waals surface area contributed by atoms with Crippen LogP contribution in [-0.4, -0.2) is 17.6 Å². The average Bonchev–Trinajstić information content (AvgIpc) is 2.47. The van der Waals surface area contributed by atoms with Crippen molar-refractivity contribution in [3.8, 4) is 11.1 Å². The van der Waals surface area contributed by atoms with Crippen LogP contribution < -0.4 is 5.73 Å². The van der Waals surface area contributed by atoms with Gasteiger partial charge in [0.2, 0.25) is 0 Å². The summed E-state index contributed by atoms with van der Waals surface area (Å²) in [6.07, 6.45) is -1.31. The molecular weight excluding hydrogens is 290 g/mol. The van der Waals surface area contributed by atoms with Crippen molar-refractivity contribution in [2.24, 2.45) is 0 Å². The van der Waals surface area contributed by atoms with Crippen LogP contribution in [0.4, 0.5) is 14.5 Å². The Kier molecular flexibility index (Phi) is 4.70. The fourth-order valence-corrected chi connectivity index (χ4v) is 2.25. The van der Waals surface area contributed by atoms with E-state index in [1.54, 1.807) is 19.9 Å². The van der Waals surface area contributed by atoms with Crippen LogP contribution in [0.5, 0.6) is 0 Å². The van der Waals surface area contributed by atoms with Crippen LogP contribution in [0.3, 0.4) is 0 Å². The van der Waals surface area contributed by atoms with Crippen molar-refractivity contribution in [2.45, 2.75) is 20.3 Å². The molecule has 6 heteroatoms. The molecule has 1 aromatic carbocycles. The second kappa shape index (κ2) is 6.51. The molecule has 0 amide bonds. The van der Waals surface area contributed by atoms with E-state index < -0.39 is 12.4 Å². The fourth-order valence-electron chi connectivity index (χ4n) is 2.25. The molecule has 0 atom stereocenters. The summed E-state index contributed by atoms with van der Waals surface area (Å²) in [6.45, 7) is 3.72. The van der Waals surface area contributed by atoms with Gasteiger partial charge in [0.05, 0.1) is 12.2 Å². The monoisotopic (exact) mass is 306 g/mol. The van der Waals surface area contributed by atoms with E-state index in [1.807, 2.05) is 0 Å². The van der Waals surface area contributed by atoms with Gasteiger partial charge in [0.1, 0.15) is 5.69 Å². The molecule has 4 nitrogen and oxygen atoms in total. The third-order valence-electron chi connectivity index (χ3n) is 3.15. The van der Waals surface area contributed by atoms with Crippen LogP contribution in [0, 0.1) is 6.92 Å². The fraction of sp³-hybridized carbons (Fsp3) is 0.250. The predicted molar refractivity (Wildman–Crippen MR) is 79.7 cm³/mol. The molecule has 0 radical (unpaired) electrons. The zero-order valence-electron chi connectivity index (χ0n) is 12.3. The van der Waals surface area contributed by atoms with Gasteiger partial charge in [0.15, 0.2) is 0 Å². The Bertz CT molecular complexity index is 685. The van der Waals surface area contributed by atoms with Gasteiger partial charge in [0.25, 0.3) is 6.43 Å². The number of nitrogens with zero attached hydrogens (tertiary/aromatic N) is 1. The minimum Gasteiger partial charge on any atom is -0.462 e. The number of hydrogen-bond donors (Lipinski definition) is 1. The quantitative estimate of drug-likeness (QED) is 0.690. The standard InChI is InChI=1S/C16H16F2N2O2/c1-3-22-16(21)12-7-11(19)6-9(2)14(12)10-4-5-13(15(17)18)20-8-10/h4-8,15H,3,19H2,1-2H3. The number of carbonyl (C=O) groups is 1. The molecule has 0 spiro atoms. The number of rotatable bonds is 4. The number of alkyl halides is 2. The smallest absolute Gasteiger partial charge is 0.338 e. The van der Waals surface area contributed by atoms with Gasteiger partial charge in [-0.1, -0.05) is 6.07 Å². The Balaban J connectivity index is 2.55. The number of hydrogen-bond acceptors (Lipinski definition) is 4. The van der Waals surface area contributed by atoms with E-state index in [2.05, 4.69) is 4.98 Å². The second-order valence-corrected chi connectivity index (χ2v) is 4.75. The van der Waals surface area contributed by atoms with Gasteiger partial charge >= 0.3 is 5.97 Å². The highest BCUT2D eigenvalue weighted by molar-refractivity contribution is 5.99. The van der Waals surface area contributed by atoms with Crippen molar-refractivity contribution >= 4 is 11.7 Å². The van der Waals surface area contributed by atoms with Crippen LogP contribution in [0.1, 0.15) is 35.0 Å². The summed E-state index contributed by atoms with van der Waals surface area (Å²) in [7, 11) is 0. The molecule has 0 fully saturated rings. The van der Waals surface area contributed by atoms with Crippen molar-refractivity contribution in [3.05, 3.63) is 47.3 Å². The summed E-state index contributed by atoms with van der Waals surface area (Å²) < 4.78 is 30.2. The SMILES string of the molecule is CCOC(=O)c1cc(N)cc(C)c1-c1ccc(C(F)F)nc1. The van der Waals surface area contributed by atoms with Gasteiger partial charge in [0, 0.05) is 23.0 Å². The molecular formula is C16H16F2N2O2. The lowest BCUT2D eigenvalue weighted by atomic mass is 9.95. The van der Waals surface area contributed by atoms with Crippen molar-refractivity contribution in [1.29, 1.82) is 0 Å². The van der Waals surface area contributed by atoms with Crippen LogP contribution in [-0.2, 0) is 4.74 Å². The van der Waals surface area contributed by atoms with E-state index in [1.165, 1.54) is 24.4 Å². The first-order valence-electron chi connectivity index (χ1n) is 6.75. The number of ether oxygens (including phenoxy) is 1. The first-order chi connectivity index (χ1) is 10.4. The first-order valence-corrected chi connectivity index (χ1v) is 6.75. The van der Waals surface area contributed by atoms with Crippen LogP contribution in [0.25, 0.3) is 11.1 Å². The lowest BCUT2D eigenvalue weighted by Gasteiger charge is -2.13. The molecule has 2 aromatic rings. The number of carbonyl (C=O) groups excluding carboxylic acids is 1. The third-order valence-corrected chi connectivity index (χ3v) is 3.15. The number of pyridine rings is 1. The molecule has 116 valence electrons. The van der Waals surface area contributed by atoms with Gasteiger partial charge in [-0.3, -0.25) is 4.98 Å². The number of aromatic nitrogens is 1. The second-order valence-electron chi connectivity index (χ2n) is 4.75. The Morgan fingerprint density at radius 2 is 2.09 bits per heavy atom. The zero-order valence-corrected chi connectivity index (χ0v) is 12.3. The number of benzene rings is 1. The number of anilines is 1. The number of halogens is 2. The van der Waals surface area contributed by atoms with E-state index in [0.717, 1.165) is 5.56 Å². The van der Waals surface area contributed by atoms with Crippen molar-refractivity contribution in [3.63, 3.8) is 0 Å². The number of aryl methyl sites for hydroxylation is 1. The maximum absolute atomic E-state index is 12.6. The number of nitrogens with two attached hydrogens (primary N) is 1. The maximum Gasteiger partial charge on any atom is 0.338 e. The summed E-state index contributed by atoms with van der Waals surface area (Å²) in [5.74, 6) is -0.508. The normalized spacial score (nSPS) is 10.8. The van der Waals surface area contributed by atoms with Gasteiger partial charge < -0.3 is 10.5 Å². The lowest BCUT2D eigenvalue weighted by Crippen LogP contribution is -2.08. The minimum atomic E-state index is -2.63. The highest BCUT2D eigenvalue weighted by atomic mass is 19.3. The Hall–Kier alpha value is -2.50. The Labute approximate surface area is 126 Å². The Morgan fingerprint density at radius 3 is 2.64 bits per heavy atom. The molecule has 2 rings (SSSR count). The molecule has 2 N–H and O–H groups in total. The Morgan fingerprint density at radius 1 is 1.36 bits per heavy atom. The number of nitrogen functional groups attached to an aromatic ring is 1. The van der Waals surface area contributed by atoms with Crippen molar-refractivity contribution < 1.29 is 18.3 Å². The molecule has 0 aliphatic rings. The molecule has 22 heavy (non-hydrogen) atoms. The highest BCUT2D eigenvalue weighted by Gasteiger charge is 2.18. The third kappa shape index (κ3) is 3.21. The van der Waals surface area contributed by atoms with Crippen molar-refractivity contribution in [1.82, 2.24) is 4.98 Å². The molecule has 0 saturated heterocycles. The lowest BCUT2D eigenvalue weighted by molar-refractivity contribution is 0.0527. The number of esters is 1. The minimum absolute atomic E-state index is 0.231. The average molecular weight is 306 g/mol. The van der Waals surface area contributed by atoms with E-state index in [9.17, 15) is 13.6 Å². The van der Waals surface area contributed by atoms with Gasteiger partial charge in [-0.15, -0.1) is 0 Å². The molecule has 0 aliphatic heterocycles. The van der Waals surface area contributed by atoms with Crippen LogP contribution >= 0.6 is 0 Å². The van der Waals surface area contributed by atoms with E-state index in [0.29, 0.717) is 22.4 Å².